The third kappa shape index (κ3) is 3.27. The fraction of sp³-hybridized carbons (Fsp3) is 0.455. The van der Waals surface area contributed by atoms with E-state index in [-0.39, 0.29) is 18.0 Å². The van der Waals surface area contributed by atoms with Crippen LogP contribution in [0.25, 0.3) is 0 Å². The van der Waals surface area contributed by atoms with Crippen LogP contribution in [0.1, 0.15) is 11.1 Å². The van der Waals surface area contributed by atoms with Crippen LogP contribution in [0, 0.1) is 0 Å². The minimum absolute atomic E-state index is 0.0694. The number of halogens is 3. The van der Waals surface area contributed by atoms with E-state index in [4.69, 9.17) is 9.47 Å². The number of methoxy groups -OCH3 is 2. The molecule has 0 atom stereocenters. The van der Waals surface area contributed by atoms with Crippen molar-refractivity contribution in [3.63, 3.8) is 0 Å². The number of benzene rings is 1. The number of hydroxylamine groups is 1. The Morgan fingerprint density at radius 3 is 2.22 bits per heavy atom. The van der Waals surface area contributed by atoms with Crippen LogP contribution in [0.5, 0.6) is 11.5 Å². The highest BCUT2D eigenvalue weighted by atomic mass is 19.4. The molecule has 0 heterocycles. The van der Waals surface area contributed by atoms with E-state index in [1.807, 2.05) is 0 Å². The van der Waals surface area contributed by atoms with Crippen molar-refractivity contribution in [2.45, 2.75) is 12.7 Å². The number of ether oxygens (including phenoxy) is 2. The van der Waals surface area contributed by atoms with Crippen molar-refractivity contribution in [2.75, 3.05) is 21.3 Å². The highest BCUT2D eigenvalue weighted by Gasteiger charge is 2.36. The van der Waals surface area contributed by atoms with E-state index in [1.54, 1.807) is 0 Å². The van der Waals surface area contributed by atoms with Crippen molar-refractivity contribution in [1.82, 2.24) is 5.48 Å². The second-order valence-electron chi connectivity index (χ2n) is 3.39. The molecular weight excluding hydrogens is 251 g/mol. The molecule has 4 nitrogen and oxygen atoms in total. The zero-order valence-electron chi connectivity index (χ0n) is 10.2. The summed E-state index contributed by atoms with van der Waals surface area (Å²) < 4.78 is 48.3. The van der Waals surface area contributed by atoms with Crippen molar-refractivity contribution < 1.29 is 27.5 Å². The van der Waals surface area contributed by atoms with Crippen LogP contribution in [0.3, 0.4) is 0 Å². The molecule has 0 aliphatic heterocycles. The molecule has 1 aromatic rings. The van der Waals surface area contributed by atoms with E-state index in [0.29, 0.717) is 5.56 Å². The van der Waals surface area contributed by atoms with Gasteiger partial charge < -0.3 is 14.3 Å². The molecule has 0 aliphatic rings. The molecule has 0 aromatic heterocycles. The summed E-state index contributed by atoms with van der Waals surface area (Å²) in [5, 5.41) is 0. The Kier molecular flexibility index (Phi) is 4.80. The van der Waals surface area contributed by atoms with Gasteiger partial charge in [0.05, 0.1) is 21.3 Å². The van der Waals surface area contributed by atoms with Gasteiger partial charge in [0.1, 0.15) is 17.1 Å². The van der Waals surface area contributed by atoms with Gasteiger partial charge in [-0.2, -0.15) is 18.7 Å². The summed E-state index contributed by atoms with van der Waals surface area (Å²) in [5.41, 5.74) is 1.89. The average molecular weight is 265 g/mol. The van der Waals surface area contributed by atoms with Crippen molar-refractivity contribution >= 4 is 0 Å². The molecule has 0 saturated heterocycles. The van der Waals surface area contributed by atoms with Gasteiger partial charge in [-0.05, 0) is 12.1 Å². The SMILES string of the molecule is CONCc1cc(OC)cc(C(F)(F)F)c1OC. The fourth-order valence-electron chi connectivity index (χ4n) is 1.51. The Hall–Kier alpha value is -1.47. The molecule has 18 heavy (non-hydrogen) atoms. The van der Waals surface area contributed by atoms with Crippen LogP contribution in [0.15, 0.2) is 12.1 Å². The van der Waals surface area contributed by atoms with Gasteiger partial charge in [-0.3, -0.25) is 0 Å². The first-order valence-electron chi connectivity index (χ1n) is 5.02. The summed E-state index contributed by atoms with van der Waals surface area (Å²) in [6.45, 7) is 0.0694. The maximum atomic E-state index is 12.9. The minimum Gasteiger partial charge on any atom is -0.497 e. The van der Waals surface area contributed by atoms with E-state index in [1.165, 1.54) is 27.4 Å². The minimum atomic E-state index is -4.51. The Morgan fingerprint density at radius 2 is 1.78 bits per heavy atom. The van der Waals surface area contributed by atoms with E-state index in [9.17, 15) is 13.2 Å². The van der Waals surface area contributed by atoms with Gasteiger partial charge in [0.15, 0.2) is 0 Å². The molecule has 0 fully saturated rings. The van der Waals surface area contributed by atoms with Crippen molar-refractivity contribution in [3.8, 4) is 11.5 Å². The zero-order valence-corrected chi connectivity index (χ0v) is 10.2. The molecule has 1 rings (SSSR count). The van der Waals surface area contributed by atoms with E-state index >= 15 is 0 Å². The van der Waals surface area contributed by atoms with Gasteiger partial charge in [0.2, 0.25) is 0 Å². The van der Waals surface area contributed by atoms with Gasteiger partial charge in [-0.1, -0.05) is 0 Å². The maximum Gasteiger partial charge on any atom is 0.420 e. The zero-order chi connectivity index (χ0) is 13.8. The predicted molar refractivity (Wildman–Crippen MR) is 58.4 cm³/mol. The van der Waals surface area contributed by atoms with Gasteiger partial charge in [0.25, 0.3) is 0 Å². The first-order valence-corrected chi connectivity index (χ1v) is 5.02. The molecule has 0 saturated carbocycles. The van der Waals surface area contributed by atoms with Gasteiger partial charge >= 0.3 is 6.18 Å². The smallest absolute Gasteiger partial charge is 0.420 e. The van der Waals surface area contributed by atoms with Crippen LogP contribution in [-0.4, -0.2) is 21.3 Å². The molecule has 7 heteroatoms. The van der Waals surface area contributed by atoms with Crippen LogP contribution in [0.4, 0.5) is 13.2 Å². The third-order valence-electron chi connectivity index (χ3n) is 2.29. The Balaban J connectivity index is 3.30. The van der Waals surface area contributed by atoms with Crippen LogP contribution >= 0.6 is 0 Å². The first-order chi connectivity index (χ1) is 8.43. The molecule has 0 bridgehead atoms. The summed E-state index contributed by atoms with van der Waals surface area (Å²) in [6.07, 6.45) is -4.51. The molecular formula is C11H14F3NO3. The molecule has 1 aromatic carbocycles. The lowest BCUT2D eigenvalue weighted by Gasteiger charge is -2.17. The van der Waals surface area contributed by atoms with E-state index < -0.39 is 11.7 Å². The van der Waals surface area contributed by atoms with Gasteiger partial charge in [0, 0.05) is 12.1 Å². The third-order valence-corrected chi connectivity index (χ3v) is 2.29. The summed E-state index contributed by atoms with van der Waals surface area (Å²) in [4.78, 5) is 4.62. The van der Waals surface area contributed by atoms with Crippen LogP contribution in [-0.2, 0) is 17.6 Å². The second kappa shape index (κ2) is 5.92. The fourth-order valence-corrected chi connectivity index (χ4v) is 1.51. The van der Waals surface area contributed by atoms with Gasteiger partial charge in [-0.15, -0.1) is 0 Å². The van der Waals surface area contributed by atoms with E-state index in [0.717, 1.165) is 6.07 Å². The number of hydrogen-bond donors (Lipinski definition) is 1. The molecule has 0 amide bonds. The topological polar surface area (TPSA) is 39.7 Å². The quantitative estimate of drug-likeness (QED) is 0.830. The van der Waals surface area contributed by atoms with E-state index in [2.05, 4.69) is 10.3 Å². The summed E-state index contributed by atoms with van der Waals surface area (Å²) in [7, 11) is 3.86. The average Bonchev–Trinajstić information content (AvgIpc) is 2.33. The van der Waals surface area contributed by atoms with Crippen molar-refractivity contribution in [2.24, 2.45) is 0 Å². The number of hydrogen-bond acceptors (Lipinski definition) is 4. The monoisotopic (exact) mass is 265 g/mol. The standard InChI is InChI=1S/C11H14F3NO3/c1-16-8-4-7(6-15-18-3)10(17-2)9(5-8)11(12,13)14/h4-5,15H,6H2,1-3H3. The number of rotatable bonds is 5. The van der Waals surface area contributed by atoms with Crippen LogP contribution < -0.4 is 15.0 Å². The highest BCUT2D eigenvalue weighted by molar-refractivity contribution is 5.48. The molecule has 0 radical (unpaired) electrons. The summed E-state index contributed by atoms with van der Waals surface area (Å²) in [6, 6.07) is 2.36. The lowest BCUT2D eigenvalue weighted by Crippen LogP contribution is -2.15. The molecule has 0 unspecified atom stereocenters. The second-order valence-corrected chi connectivity index (χ2v) is 3.39. The van der Waals surface area contributed by atoms with Crippen LogP contribution in [0.2, 0.25) is 0 Å². The Labute approximate surface area is 103 Å². The summed E-state index contributed by atoms with van der Waals surface area (Å²) >= 11 is 0. The lowest BCUT2D eigenvalue weighted by molar-refractivity contribution is -0.138. The number of nitrogens with one attached hydrogen (secondary N) is 1. The summed E-state index contributed by atoms with van der Waals surface area (Å²) in [5.74, 6) is -0.135. The van der Waals surface area contributed by atoms with Gasteiger partial charge in [-0.25, -0.2) is 0 Å². The maximum absolute atomic E-state index is 12.9. The number of alkyl halides is 3. The molecule has 1 N–H and O–H groups in total. The molecule has 0 aliphatic carbocycles. The van der Waals surface area contributed by atoms with Crippen molar-refractivity contribution in [1.29, 1.82) is 0 Å². The normalized spacial score (nSPS) is 11.4. The Morgan fingerprint density at radius 1 is 1.11 bits per heavy atom. The molecule has 0 spiro atoms. The molecule has 102 valence electrons. The lowest BCUT2D eigenvalue weighted by atomic mass is 10.1. The Bertz CT molecular complexity index is 407. The largest absolute Gasteiger partial charge is 0.497 e. The predicted octanol–water partition coefficient (Wildman–Crippen LogP) is 2.37. The van der Waals surface area contributed by atoms with Crippen molar-refractivity contribution in [3.05, 3.63) is 23.3 Å². The first kappa shape index (κ1) is 14.6. The highest BCUT2D eigenvalue weighted by Crippen LogP contribution is 2.40.